The van der Waals surface area contributed by atoms with Crippen LogP contribution in [0.5, 0.6) is 6.08 Å². The zero-order valence-corrected chi connectivity index (χ0v) is 23.5. The fourth-order valence-corrected chi connectivity index (χ4v) is 5.59. The Hall–Kier alpha value is -3.14. The number of carbonyl (C=O) groups is 2. The average Bonchev–Trinajstić information content (AvgIpc) is 3.37. The lowest BCUT2D eigenvalue weighted by atomic mass is 9.79. The molecular formula is C28H33Cl2N5O4. The van der Waals surface area contributed by atoms with E-state index < -0.39 is 6.09 Å². The van der Waals surface area contributed by atoms with E-state index in [9.17, 15) is 9.59 Å². The Bertz CT molecular complexity index is 1250. The van der Waals surface area contributed by atoms with Crippen molar-refractivity contribution in [2.75, 3.05) is 20.6 Å². The van der Waals surface area contributed by atoms with Gasteiger partial charge < -0.3 is 20.3 Å². The molecule has 208 valence electrons. The van der Waals surface area contributed by atoms with Gasteiger partial charge in [-0.15, -0.1) is 0 Å². The second kappa shape index (κ2) is 13.8. The predicted octanol–water partition coefficient (Wildman–Crippen LogP) is 5.37. The summed E-state index contributed by atoms with van der Waals surface area (Å²) >= 11 is 12.0. The number of halogens is 2. The summed E-state index contributed by atoms with van der Waals surface area (Å²) in [6.45, 7) is -0.222. The van der Waals surface area contributed by atoms with Crippen molar-refractivity contribution in [3.8, 4) is 17.5 Å². The van der Waals surface area contributed by atoms with E-state index in [4.69, 9.17) is 32.5 Å². The average molecular weight is 575 g/mol. The van der Waals surface area contributed by atoms with Gasteiger partial charge in [0.1, 0.15) is 6.54 Å². The quantitative estimate of drug-likeness (QED) is 0.335. The van der Waals surface area contributed by atoms with Gasteiger partial charge in [0.2, 0.25) is 11.7 Å². The summed E-state index contributed by atoms with van der Waals surface area (Å²) in [7, 11) is 4.30. The summed E-state index contributed by atoms with van der Waals surface area (Å²) in [4.78, 5) is 30.9. The van der Waals surface area contributed by atoms with Gasteiger partial charge in [0.05, 0.1) is 5.02 Å². The Morgan fingerprint density at radius 3 is 2.54 bits per heavy atom. The lowest BCUT2D eigenvalue weighted by molar-refractivity contribution is -0.121. The van der Waals surface area contributed by atoms with Crippen LogP contribution in [0.15, 0.2) is 53.1 Å². The fraction of sp³-hybridized carbons (Fsp3) is 0.429. The number of hydrogen-bond donors (Lipinski definition) is 2. The molecule has 39 heavy (non-hydrogen) atoms. The molecule has 1 atom stereocenters. The van der Waals surface area contributed by atoms with E-state index in [0.29, 0.717) is 27.6 Å². The molecule has 2 N–H and O–H groups in total. The van der Waals surface area contributed by atoms with E-state index >= 15 is 0 Å². The van der Waals surface area contributed by atoms with E-state index in [1.807, 2.05) is 6.07 Å². The molecular weight excluding hydrogens is 541 g/mol. The number of nitrogens with one attached hydrogen (secondary N) is 2. The lowest BCUT2D eigenvalue weighted by Crippen LogP contribution is -2.45. The molecule has 0 spiro atoms. The number of aromatic nitrogens is 2. The van der Waals surface area contributed by atoms with Crippen LogP contribution in [0.1, 0.15) is 37.7 Å². The molecule has 1 aromatic heterocycles. The van der Waals surface area contributed by atoms with Crippen molar-refractivity contribution in [1.29, 1.82) is 0 Å². The highest BCUT2D eigenvalue weighted by Gasteiger charge is 2.29. The molecule has 0 saturated heterocycles. The van der Waals surface area contributed by atoms with Crippen LogP contribution in [-0.2, 0) is 11.2 Å². The van der Waals surface area contributed by atoms with E-state index in [1.54, 1.807) is 18.2 Å². The number of aryl methyl sites for hydroxylation is 1. The molecule has 11 heteroatoms. The Morgan fingerprint density at radius 2 is 1.85 bits per heavy atom. The van der Waals surface area contributed by atoms with Crippen LogP contribution in [-0.4, -0.2) is 59.8 Å². The molecule has 1 saturated carbocycles. The predicted molar refractivity (Wildman–Crippen MR) is 150 cm³/mol. The molecule has 3 aromatic rings. The molecule has 0 bridgehead atoms. The van der Waals surface area contributed by atoms with Crippen LogP contribution in [0.2, 0.25) is 10.0 Å². The summed E-state index contributed by atoms with van der Waals surface area (Å²) in [6, 6.07) is 16.0. The van der Waals surface area contributed by atoms with Crippen molar-refractivity contribution < 1.29 is 18.8 Å². The third-order valence-electron chi connectivity index (χ3n) is 7.07. The van der Waals surface area contributed by atoms with Gasteiger partial charge in [0.15, 0.2) is 0 Å². The first kappa shape index (κ1) is 28.9. The van der Waals surface area contributed by atoms with E-state index in [2.05, 4.69) is 64.0 Å². The van der Waals surface area contributed by atoms with Gasteiger partial charge >= 0.3 is 12.2 Å². The minimum absolute atomic E-state index is 0.0890. The van der Waals surface area contributed by atoms with Gasteiger partial charge in [-0.25, -0.2) is 4.79 Å². The molecule has 9 nitrogen and oxygen atoms in total. The van der Waals surface area contributed by atoms with Crippen LogP contribution < -0.4 is 15.4 Å². The maximum absolute atomic E-state index is 12.4. The summed E-state index contributed by atoms with van der Waals surface area (Å²) in [6.07, 6.45) is 4.85. The van der Waals surface area contributed by atoms with Crippen molar-refractivity contribution in [2.45, 2.75) is 50.6 Å². The number of rotatable bonds is 10. The van der Waals surface area contributed by atoms with Crippen molar-refractivity contribution in [2.24, 2.45) is 5.92 Å². The Morgan fingerprint density at radius 1 is 1.10 bits per heavy atom. The van der Waals surface area contributed by atoms with E-state index in [-0.39, 0.29) is 30.4 Å². The molecule has 4 rings (SSSR count). The van der Waals surface area contributed by atoms with E-state index in [1.165, 1.54) is 5.56 Å². The fourth-order valence-electron chi connectivity index (χ4n) is 5.10. The van der Waals surface area contributed by atoms with Crippen molar-refractivity contribution in [3.05, 3.63) is 64.1 Å². The summed E-state index contributed by atoms with van der Waals surface area (Å²) in [5.41, 5.74) is 1.84. The molecule has 2 amide bonds. The molecule has 1 heterocycles. The number of carbonyl (C=O) groups excluding carboxylic acids is 2. The normalized spacial score (nSPS) is 18.0. The summed E-state index contributed by atoms with van der Waals surface area (Å²) in [5, 5.41) is 9.98. The highest BCUT2D eigenvalue weighted by molar-refractivity contribution is 6.36. The highest BCUT2D eigenvalue weighted by Crippen LogP contribution is 2.31. The number of hydrogen-bond acceptors (Lipinski definition) is 7. The number of nitrogens with zero attached hydrogens (tertiary/aromatic N) is 3. The monoisotopic (exact) mass is 573 g/mol. The number of ether oxygens (including phenoxy) is 1. The third kappa shape index (κ3) is 8.42. The van der Waals surface area contributed by atoms with Gasteiger partial charge in [0.25, 0.3) is 0 Å². The SMILES string of the molecule is CN(C)C(CCc1ccccc1)C1CCC(NC(=O)CNC(=O)Oc2nc(-c3ccc(Cl)cc3Cl)no2)CC1. The van der Waals surface area contributed by atoms with Crippen molar-refractivity contribution >= 4 is 35.2 Å². The number of benzene rings is 2. The molecule has 1 fully saturated rings. The van der Waals surface area contributed by atoms with Gasteiger partial charge in [-0.1, -0.05) is 58.7 Å². The maximum atomic E-state index is 12.4. The Kier molecular flexibility index (Phi) is 10.2. The Labute approximate surface area is 238 Å². The molecule has 2 aromatic carbocycles. The smallest absolute Gasteiger partial charge is 0.359 e. The standard InChI is InChI=1S/C28H33Cl2N5O4/c1-35(2)24(15-8-18-6-4-3-5-7-18)19-9-12-21(13-10-19)32-25(36)17-31-27(37)38-28-33-26(34-39-28)22-14-11-20(29)16-23(22)30/h3-7,11,14,16,19,21,24H,8-10,12-13,15,17H2,1-2H3,(H,31,37)(H,32,36). The van der Waals surface area contributed by atoms with Crippen LogP contribution in [0, 0.1) is 5.92 Å². The second-order valence-corrected chi connectivity index (χ2v) is 10.8. The first-order chi connectivity index (χ1) is 18.8. The molecule has 1 aliphatic rings. The first-order valence-electron chi connectivity index (χ1n) is 13.0. The van der Waals surface area contributed by atoms with E-state index in [0.717, 1.165) is 38.5 Å². The summed E-state index contributed by atoms with van der Waals surface area (Å²) in [5.74, 6) is 0.458. The zero-order chi connectivity index (χ0) is 27.8. The van der Waals surface area contributed by atoms with Crippen LogP contribution in [0.3, 0.4) is 0 Å². The van der Waals surface area contributed by atoms with Crippen LogP contribution in [0.4, 0.5) is 4.79 Å². The highest BCUT2D eigenvalue weighted by atomic mass is 35.5. The van der Waals surface area contributed by atoms with Gasteiger partial charge in [-0.05, 0) is 82.3 Å². The zero-order valence-electron chi connectivity index (χ0n) is 22.0. The van der Waals surface area contributed by atoms with Crippen LogP contribution >= 0.6 is 23.2 Å². The maximum Gasteiger partial charge on any atom is 0.426 e. The third-order valence-corrected chi connectivity index (χ3v) is 7.62. The second-order valence-electron chi connectivity index (χ2n) is 9.99. The number of amides is 2. The van der Waals surface area contributed by atoms with Gasteiger partial charge in [-0.2, -0.15) is 4.98 Å². The molecule has 0 radical (unpaired) electrons. The lowest BCUT2D eigenvalue weighted by Gasteiger charge is -2.37. The minimum Gasteiger partial charge on any atom is -0.359 e. The molecule has 1 unspecified atom stereocenters. The molecule has 1 aliphatic carbocycles. The Balaban J connectivity index is 1.17. The minimum atomic E-state index is -0.876. The first-order valence-corrected chi connectivity index (χ1v) is 13.8. The molecule has 0 aliphatic heterocycles. The van der Waals surface area contributed by atoms with Crippen molar-refractivity contribution in [1.82, 2.24) is 25.7 Å². The summed E-state index contributed by atoms with van der Waals surface area (Å²) < 4.78 is 9.95. The largest absolute Gasteiger partial charge is 0.426 e. The van der Waals surface area contributed by atoms with Gasteiger partial charge in [0, 0.05) is 22.7 Å². The topological polar surface area (TPSA) is 110 Å². The van der Waals surface area contributed by atoms with Crippen molar-refractivity contribution in [3.63, 3.8) is 0 Å². The van der Waals surface area contributed by atoms with Crippen LogP contribution in [0.25, 0.3) is 11.4 Å². The van der Waals surface area contributed by atoms with Gasteiger partial charge in [-0.3, -0.25) is 9.32 Å².